The summed E-state index contributed by atoms with van der Waals surface area (Å²) in [6.07, 6.45) is 10.0. The zero-order valence-corrected chi connectivity index (χ0v) is 12.0. The van der Waals surface area contributed by atoms with E-state index in [1.54, 1.807) is 0 Å². The Hall–Kier alpha value is 0.580. The third-order valence-electron chi connectivity index (χ3n) is 3.18. The lowest BCUT2D eigenvalue weighted by atomic mass is 9.97. The fourth-order valence-corrected chi connectivity index (χ4v) is 2.01. The van der Waals surface area contributed by atoms with Crippen molar-refractivity contribution in [3.8, 4) is 0 Å². The van der Waals surface area contributed by atoms with Gasteiger partial charge in [0.25, 0.3) is 0 Å². The first kappa shape index (κ1) is 15.6. The number of alkyl halides is 2. The van der Waals surface area contributed by atoms with Crippen molar-refractivity contribution in [2.24, 2.45) is 5.92 Å². The minimum absolute atomic E-state index is 0.414. The van der Waals surface area contributed by atoms with Crippen molar-refractivity contribution >= 4 is 23.2 Å². The zero-order valence-electron chi connectivity index (χ0n) is 10.5. The maximum atomic E-state index is 6.20. The summed E-state index contributed by atoms with van der Waals surface area (Å²) in [7, 11) is 0. The molecule has 0 aromatic carbocycles. The monoisotopic (exact) mass is 252 g/mol. The molecule has 0 aromatic heterocycles. The highest BCUT2D eigenvalue weighted by Crippen LogP contribution is 2.36. The minimum Gasteiger partial charge on any atom is -0.101 e. The molecule has 0 aliphatic rings. The molecule has 0 rings (SSSR count). The highest BCUT2D eigenvalue weighted by Gasteiger charge is 2.28. The second-order valence-corrected chi connectivity index (χ2v) is 6.11. The molecule has 0 bridgehead atoms. The van der Waals surface area contributed by atoms with Gasteiger partial charge in [-0.2, -0.15) is 0 Å². The van der Waals surface area contributed by atoms with Crippen molar-refractivity contribution in [3.05, 3.63) is 0 Å². The Labute approximate surface area is 106 Å². The van der Waals surface area contributed by atoms with Crippen LogP contribution in [0.4, 0.5) is 0 Å². The van der Waals surface area contributed by atoms with Gasteiger partial charge in [-0.05, 0) is 18.8 Å². The van der Waals surface area contributed by atoms with Crippen LogP contribution in [0.3, 0.4) is 0 Å². The molecule has 0 radical (unpaired) electrons. The molecule has 92 valence electrons. The summed E-state index contributed by atoms with van der Waals surface area (Å²) in [4.78, 5) is 0. The number of rotatable bonds is 9. The van der Waals surface area contributed by atoms with Crippen LogP contribution in [0.25, 0.3) is 0 Å². The van der Waals surface area contributed by atoms with Crippen molar-refractivity contribution in [2.75, 3.05) is 0 Å². The molecule has 0 heterocycles. The summed E-state index contributed by atoms with van der Waals surface area (Å²) in [5.74, 6) is 0.414. The average molecular weight is 253 g/mol. The quantitative estimate of drug-likeness (QED) is 0.351. The van der Waals surface area contributed by atoms with Crippen LogP contribution in [0.5, 0.6) is 0 Å². The van der Waals surface area contributed by atoms with Crippen LogP contribution in [0.15, 0.2) is 0 Å². The van der Waals surface area contributed by atoms with Gasteiger partial charge in [-0.1, -0.05) is 59.3 Å². The van der Waals surface area contributed by atoms with Gasteiger partial charge in [-0.15, -0.1) is 23.2 Å². The predicted molar refractivity (Wildman–Crippen MR) is 71.9 cm³/mol. The van der Waals surface area contributed by atoms with Crippen LogP contribution < -0.4 is 0 Å². The summed E-state index contributed by atoms with van der Waals surface area (Å²) in [5, 5.41) is 0. The summed E-state index contributed by atoms with van der Waals surface area (Å²) >= 11 is 12.4. The Bertz CT molecular complexity index is 143. The first-order chi connectivity index (χ1) is 7.04. The Morgan fingerprint density at radius 3 is 2.00 bits per heavy atom. The van der Waals surface area contributed by atoms with E-state index >= 15 is 0 Å². The second kappa shape index (κ2) is 8.70. The molecular formula is C13H26Cl2. The molecule has 0 saturated carbocycles. The molecule has 0 saturated heterocycles. The van der Waals surface area contributed by atoms with E-state index in [0.717, 1.165) is 12.8 Å². The fraction of sp³-hybridized carbons (Fsp3) is 1.00. The molecule has 1 atom stereocenters. The van der Waals surface area contributed by atoms with E-state index in [1.807, 2.05) is 0 Å². The Kier molecular flexibility index (Phi) is 9.04. The number of hydrogen-bond donors (Lipinski definition) is 0. The van der Waals surface area contributed by atoms with E-state index in [0.29, 0.717) is 5.92 Å². The number of halogens is 2. The number of unbranched alkanes of at least 4 members (excludes halogenated alkanes) is 5. The largest absolute Gasteiger partial charge is 0.120 e. The third kappa shape index (κ3) is 7.47. The van der Waals surface area contributed by atoms with E-state index in [-0.39, 0.29) is 0 Å². The van der Waals surface area contributed by atoms with E-state index in [2.05, 4.69) is 20.8 Å². The van der Waals surface area contributed by atoms with Crippen molar-refractivity contribution in [2.45, 2.75) is 76.5 Å². The smallest absolute Gasteiger partial charge is 0.101 e. The van der Waals surface area contributed by atoms with E-state index in [9.17, 15) is 0 Å². The molecule has 0 aliphatic heterocycles. The lowest BCUT2D eigenvalue weighted by Crippen LogP contribution is -2.22. The summed E-state index contributed by atoms with van der Waals surface area (Å²) in [6.45, 7) is 6.46. The highest BCUT2D eigenvalue weighted by atomic mass is 35.5. The van der Waals surface area contributed by atoms with Crippen LogP contribution in [0.2, 0.25) is 0 Å². The SMILES string of the molecule is CCCCCCCCC(C)C(Cl)(Cl)CC. The van der Waals surface area contributed by atoms with Crippen molar-refractivity contribution < 1.29 is 0 Å². The van der Waals surface area contributed by atoms with Gasteiger partial charge < -0.3 is 0 Å². The molecule has 15 heavy (non-hydrogen) atoms. The van der Waals surface area contributed by atoms with Gasteiger partial charge in [0.15, 0.2) is 0 Å². The van der Waals surface area contributed by atoms with Gasteiger partial charge in [0.05, 0.1) is 0 Å². The standard InChI is InChI=1S/C13H26Cl2/c1-4-6-7-8-9-10-11-12(3)13(14,15)5-2/h12H,4-11H2,1-3H3. The first-order valence-corrected chi connectivity index (χ1v) is 7.18. The average Bonchev–Trinajstić information content (AvgIpc) is 2.22. The van der Waals surface area contributed by atoms with E-state index < -0.39 is 4.33 Å². The first-order valence-electron chi connectivity index (χ1n) is 6.42. The normalized spacial score (nSPS) is 14.2. The number of hydrogen-bond acceptors (Lipinski definition) is 0. The fourth-order valence-electron chi connectivity index (χ4n) is 1.79. The molecule has 0 fully saturated rings. The van der Waals surface area contributed by atoms with Crippen LogP contribution in [-0.2, 0) is 0 Å². The molecule has 0 aromatic rings. The summed E-state index contributed by atoms with van der Waals surface area (Å²) in [5.41, 5.74) is 0. The molecule has 0 aliphatic carbocycles. The lowest BCUT2D eigenvalue weighted by molar-refractivity contribution is 0.429. The van der Waals surface area contributed by atoms with Gasteiger partial charge >= 0.3 is 0 Å². The van der Waals surface area contributed by atoms with Crippen LogP contribution in [-0.4, -0.2) is 4.33 Å². The van der Waals surface area contributed by atoms with Crippen molar-refractivity contribution in [3.63, 3.8) is 0 Å². The molecule has 1 unspecified atom stereocenters. The Morgan fingerprint density at radius 2 is 1.47 bits per heavy atom. The van der Waals surface area contributed by atoms with E-state index in [1.165, 1.54) is 38.5 Å². The lowest BCUT2D eigenvalue weighted by Gasteiger charge is -2.25. The molecule has 2 heteroatoms. The highest BCUT2D eigenvalue weighted by molar-refractivity contribution is 6.48. The predicted octanol–water partition coefficient (Wildman–Crippen LogP) is 5.96. The minimum atomic E-state index is -0.510. The molecule has 0 spiro atoms. The maximum absolute atomic E-state index is 6.20. The third-order valence-corrected chi connectivity index (χ3v) is 4.46. The topological polar surface area (TPSA) is 0 Å². The summed E-state index contributed by atoms with van der Waals surface area (Å²) < 4.78 is -0.510. The van der Waals surface area contributed by atoms with Crippen LogP contribution in [0.1, 0.15) is 72.1 Å². The van der Waals surface area contributed by atoms with Gasteiger partial charge in [-0.25, -0.2) is 0 Å². The van der Waals surface area contributed by atoms with E-state index in [4.69, 9.17) is 23.2 Å². The molecule has 0 N–H and O–H groups in total. The van der Waals surface area contributed by atoms with Gasteiger partial charge in [0.2, 0.25) is 0 Å². The van der Waals surface area contributed by atoms with Gasteiger partial charge in [0.1, 0.15) is 4.33 Å². The van der Waals surface area contributed by atoms with Gasteiger partial charge in [0, 0.05) is 0 Å². The summed E-state index contributed by atoms with van der Waals surface area (Å²) in [6, 6.07) is 0. The maximum Gasteiger partial charge on any atom is 0.120 e. The van der Waals surface area contributed by atoms with Crippen molar-refractivity contribution in [1.29, 1.82) is 0 Å². The Morgan fingerprint density at radius 1 is 0.933 bits per heavy atom. The zero-order chi connectivity index (χ0) is 11.7. The molecule has 0 amide bonds. The molecule has 0 nitrogen and oxygen atoms in total. The van der Waals surface area contributed by atoms with Crippen molar-refractivity contribution in [1.82, 2.24) is 0 Å². The van der Waals surface area contributed by atoms with Crippen LogP contribution >= 0.6 is 23.2 Å². The second-order valence-electron chi connectivity index (χ2n) is 4.57. The van der Waals surface area contributed by atoms with Gasteiger partial charge in [-0.3, -0.25) is 0 Å². The Balaban J connectivity index is 3.43. The molecular weight excluding hydrogens is 227 g/mol. The van der Waals surface area contributed by atoms with Crippen LogP contribution in [0, 0.1) is 5.92 Å².